The van der Waals surface area contributed by atoms with Crippen LogP contribution in [0.4, 0.5) is 0 Å². The Morgan fingerprint density at radius 3 is 1.05 bits per heavy atom. The molecule has 0 atom stereocenters. The van der Waals surface area contributed by atoms with Crippen LogP contribution in [0.1, 0.15) is 82.1 Å². The van der Waals surface area contributed by atoms with Crippen molar-refractivity contribution in [1.82, 2.24) is 9.80 Å². The van der Waals surface area contributed by atoms with Gasteiger partial charge in [-0.1, -0.05) is 13.8 Å². The fourth-order valence-corrected chi connectivity index (χ4v) is 6.46. The first-order valence-corrected chi connectivity index (χ1v) is 13.4. The highest BCUT2D eigenvalue weighted by Gasteiger charge is 2.96. The Kier molecular flexibility index (Phi) is 6.96. The molecule has 2 saturated heterocycles. The molecule has 0 unspecified atom stereocenters. The van der Waals surface area contributed by atoms with Crippen molar-refractivity contribution in [3.63, 3.8) is 0 Å². The molecule has 4 amide bonds. The zero-order valence-electron chi connectivity index (χ0n) is 24.4. The van der Waals surface area contributed by atoms with Crippen LogP contribution < -0.4 is 0 Å². The van der Waals surface area contributed by atoms with Gasteiger partial charge in [-0.05, 0) is 68.2 Å². The lowest BCUT2D eigenvalue weighted by molar-refractivity contribution is -0.243. The van der Waals surface area contributed by atoms with Crippen LogP contribution in [-0.4, -0.2) is 71.7 Å². The fraction of sp³-hybridized carbons (Fsp3) is 0.786. The van der Waals surface area contributed by atoms with Crippen molar-refractivity contribution in [1.29, 1.82) is 0 Å². The average Bonchev–Trinajstić information content (AvgIpc) is 3.10. The summed E-state index contributed by atoms with van der Waals surface area (Å²) in [5, 5.41) is 0. The first-order chi connectivity index (χ1) is 17.3. The number of hydrogen-bond donors (Lipinski definition) is 0. The van der Waals surface area contributed by atoms with Crippen molar-refractivity contribution in [3.05, 3.63) is 0 Å². The molecule has 0 aromatic carbocycles. The number of carbonyl (C=O) groups is 6. The maximum absolute atomic E-state index is 13.7. The number of fused-ring (bicyclic) bond motifs is 4. The third-order valence-corrected chi connectivity index (χ3v) is 10.7. The number of esters is 2. The van der Waals surface area contributed by atoms with Gasteiger partial charge in [-0.3, -0.25) is 38.6 Å². The molecule has 2 aliphatic heterocycles. The van der Waals surface area contributed by atoms with Gasteiger partial charge < -0.3 is 9.47 Å². The summed E-state index contributed by atoms with van der Waals surface area (Å²) >= 11 is 0. The van der Waals surface area contributed by atoms with Crippen LogP contribution in [0.2, 0.25) is 0 Å². The third-order valence-electron chi connectivity index (χ3n) is 10.7. The first kappa shape index (κ1) is 29.8. The number of nitrogens with zero attached hydrogens (tertiary/aromatic N) is 2. The van der Waals surface area contributed by atoms with Crippen molar-refractivity contribution >= 4 is 35.6 Å². The summed E-state index contributed by atoms with van der Waals surface area (Å²) in [4.78, 5) is 81.7. The molecule has 10 nitrogen and oxygen atoms in total. The van der Waals surface area contributed by atoms with Gasteiger partial charge in [-0.15, -0.1) is 0 Å². The van der Waals surface area contributed by atoms with Crippen LogP contribution in [0, 0.1) is 32.5 Å². The maximum atomic E-state index is 13.7. The molecule has 3 rings (SSSR count). The molecular formula is C28H42N2O8. The average molecular weight is 535 g/mol. The van der Waals surface area contributed by atoms with Crippen molar-refractivity contribution in [2.45, 2.75) is 82.1 Å². The van der Waals surface area contributed by atoms with Crippen molar-refractivity contribution in [2.24, 2.45) is 32.5 Å². The SMILES string of the molecule is CCC(C)(C)C(=O)OCCN1C(=O)C2(C)C(C)(C1=O)C1(C)C(=O)N(CCOC(=O)C(C)(C)CC)C(=O)C21C. The summed E-state index contributed by atoms with van der Waals surface area (Å²) in [5.74, 6) is -3.10. The normalized spacial score (nSPS) is 32.8. The molecule has 0 aromatic heterocycles. The van der Waals surface area contributed by atoms with E-state index < -0.39 is 68.1 Å². The van der Waals surface area contributed by atoms with Crippen LogP contribution in [0.3, 0.4) is 0 Å². The molecule has 0 aromatic rings. The number of ether oxygens (including phenoxy) is 2. The van der Waals surface area contributed by atoms with E-state index in [1.54, 1.807) is 55.4 Å². The lowest BCUT2D eigenvalue weighted by Gasteiger charge is -2.67. The van der Waals surface area contributed by atoms with Crippen molar-refractivity contribution < 1.29 is 38.2 Å². The van der Waals surface area contributed by atoms with E-state index in [1.165, 1.54) is 0 Å². The highest BCUT2D eigenvalue weighted by Crippen LogP contribution is 2.84. The second kappa shape index (κ2) is 8.88. The standard InChI is InChI=1S/C28H42N2O8/c1-11-23(3,4)21(35)37-15-13-29-17(31)25(7)26(8,18(29)32)28(10)20(34)30(19(33)27(25,28)9)14-16-38-22(36)24(5,6)12-2/h11-16H2,1-10H3. The molecule has 10 heteroatoms. The van der Waals surface area contributed by atoms with Gasteiger partial charge in [0.1, 0.15) is 13.2 Å². The van der Waals surface area contributed by atoms with E-state index in [9.17, 15) is 28.8 Å². The Morgan fingerprint density at radius 1 is 0.605 bits per heavy atom. The molecular weight excluding hydrogens is 492 g/mol. The van der Waals surface area contributed by atoms with Gasteiger partial charge in [0.25, 0.3) is 0 Å². The lowest BCUT2D eigenvalue weighted by atomic mass is 9.27. The van der Waals surface area contributed by atoms with E-state index >= 15 is 0 Å². The number of imide groups is 2. The summed E-state index contributed by atoms with van der Waals surface area (Å²) in [6, 6.07) is 0. The Bertz CT molecular complexity index is 958. The van der Waals surface area contributed by atoms with Gasteiger partial charge in [0.2, 0.25) is 23.6 Å². The molecule has 0 spiro atoms. The fourth-order valence-electron chi connectivity index (χ4n) is 6.46. The second-order valence-electron chi connectivity index (χ2n) is 12.8. The van der Waals surface area contributed by atoms with Gasteiger partial charge in [0.05, 0.1) is 45.6 Å². The van der Waals surface area contributed by atoms with E-state index in [-0.39, 0.29) is 26.3 Å². The minimum Gasteiger partial charge on any atom is -0.463 e. The van der Waals surface area contributed by atoms with Crippen LogP contribution in [0.25, 0.3) is 0 Å². The predicted octanol–water partition coefficient (Wildman–Crippen LogP) is 2.72. The molecule has 212 valence electrons. The number of hydrogen-bond acceptors (Lipinski definition) is 8. The highest BCUT2D eigenvalue weighted by molar-refractivity contribution is 6.24. The first-order valence-electron chi connectivity index (χ1n) is 13.4. The second-order valence-corrected chi connectivity index (χ2v) is 12.8. The summed E-state index contributed by atoms with van der Waals surface area (Å²) < 4.78 is 10.7. The van der Waals surface area contributed by atoms with Crippen LogP contribution >= 0.6 is 0 Å². The lowest BCUT2D eigenvalue weighted by Crippen LogP contribution is -2.77. The van der Waals surface area contributed by atoms with E-state index in [0.717, 1.165) is 9.80 Å². The van der Waals surface area contributed by atoms with Gasteiger partial charge >= 0.3 is 11.9 Å². The monoisotopic (exact) mass is 534 g/mol. The Hall–Kier alpha value is -2.78. The molecule has 3 aliphatic rings. The molecule has 38 heavy (non-hydrogen) atoms. The van der Waals surface area contributed by atoms with Gasteiger partial charge in [0.15, 0.2) is 0 Å². The maximum Gasteiger partial charge on any atom is 0.311 e. The minimum absolute atomic E-state index is 0.157. The zero-order chi connectivity index (χ0) is 29.3. The van der Waals surface area contributed by atoms with Crippen molar-refractivity contribution in [3.8, 4) is 0 Å². The molecule has 0 bridgehead atoms. The van der Waals surface area contributed by atoms with Gasteiger partial charge in [-0.2, -0.15) is 0 Å². The Balaban J connectivity index is 1.82. The highest BCUT2D eigenvalue weighted by atomic mass is 16.5. The summed E-state index contributed by atoms with van der Waals surface area (Å²) in [6.07, 6.45) is 1.13. The number of rotatable bonds is 10. The smallest absolute Gasteiger partial charge is 0.311 e. The topological polar surface area (TPSA) is 127 Å². The predicted molar refractivity (Wildman–Crippen MR) is 136 cm³/mol. The van der Waals surface area contributed by atoms with E-state index in [4.69, 9.17) is 9.47 Å². The minimum atomic E-state index is -1.47. The molecule has 1 aliphatic carbocycles. The Morgan fingerprint density at radius 2 is 0.842 bits per heavy atom. The molecule has 3 fully saturated rings. The number of amides is 4. The number of carbonyl (C=O) groups excluding carboxylic acids is 6. The van der Waals surface area contributed by atoms with E-state index in [1.807, 2.05) is 13.8 Å². The Labute approximate surface area is 224 Å². The van der Waals surface area contributed by atoms with Crippen LogP contribution in [0.5, 0.6) is 0 Å². The van der Waals surface area contributed by atoms with Gasteiger partial charge in [-0.25, -0.2) is 0 Å². The van der Waals surface area contributed by atoms with Crippen LogP contribution in [0.15, 0.2) is 0 Å². The summed E-state index contributed by atoms with van der Waals surface area (Å²) in [7, 11) is 0. The summed E-state index contributed by atoms with van der Waals surface area (Å²) in [6.45, 7) is 16.3. The molecule has 0 radical (unpaired) electrons. The largest absolute Gasteiger partial charge is 0.463 e. The van der Waals surface area contributed by atoms with E-state index in [0.29, 0.717) is 12.8 Å². The van der Waals surface area contributed by atoms with Crippen molar-refractivity contribution in [2.75, 3.05) is 26.3 Å². The zero-order valence-corrected chi connectivity index (χ0v) is 24.4. The quantitative estimate of drug-likeness (QED) is 0.309. The molecule has 0 N–H and O–H groups in total. The number of likely N-dealkylation sites (tertiary alicyclic amines) is 2. The van der Waals surface area contributed by atoms with Crippen LogP contribution in [-0.2, 0) is 38.2 Å². The van der Waals surface area contributed by atoms with Gasteiger partial charge in [0, 0.05) is 0 Å². The van der Waals surface area contributed by atoms with E-state index in [2.05, 4.69) is 0 Å². The molecule has 1 saturated carbocycles. The molecule has 2 heterocycles. The third kappa shape index (κ3) is 3.24. The summed E-state index contributed by atoms with van der Waals surface area (Å²) in [5.41, 5.74) is -7.28.